The van der Waals surface area contributed by atoms with Gasteiger partial charge in [-0.3, -0.25) is 9.59 Å². The Balaban J connectivity index is 2.11. The van der Waals surface area contributed by atoms with Crippen LogP contribution in [0.25, 0.3) is 0 Å². The van der Waals surface area contributed by atoms with Crippen LogP contribution in [0, 0.1) is 11.8 Å². The second kappa shape index (κ2) is 9.39. The van der Waals surface area contributed by atoms with Gasteiger partial charge in [0.25, 0.3) is 0 Å². The predicted molar refractivity (Wildman–Crippen MR) is 101 cm³/mol. The molecule has 0 spiro atoms. The van der Waals surface area contributed by atoms with Gasteiger partial charge in [-0.2, -0.15) is 0 Å². The van der Waals surface area contributed by atoms with Crippen LogP contribution in [-0.4, -0.2) is 44.1 Å². The first kappa shape index (κ1) is 20.7. The van der Waals surface area contributed by atoms with Crippen LogP contribution >= 0.6 is 0 Å². The van der Waals surface area contributed by atoms with Crippen molar-refractivity contribution in [1.82, 2.24) is 5.32 Å². The molecular formula is C20H28N2O5. The molecule has 7 heteroatoms. The number of hydrogen-bond donors (Lipinski definition) is 1. The molecular weight excluding hydrogens is 348 g/mol. The van der Waals surface area contributed by atoms with E-state index in [1.807, 2.05) is 26.0 Å². The standard InChI is InChI=1S/C20H28N2O5/c1-5-13(3)18(20(25)27-6-2)21-19(24)14-11-17(23)22(12-14)15-9-7-8-10-16(15)26-4/h7-10,13-14,18H,5-6,11-12H2,1-4H3,(H,21,24)/t13-,14-,18+/m0/s1. The Labute approximate surface area is 160 Å². The highest BCUT2D eigenvalue weighted by molar-refractivity contribution is 6.01. The quantitative estimate of drug-likeness (QED) is 0.703. The maximum absolute atomic E-state index is 12.7. The molecule has 2 rings (SSSR count). The normalized spacial score (nSPS) is 18.7. The van der Waals surface area contributed by atoms with Crippen molar-refractivity contribution in [2.24, 2.45) is 11.8 Å². The highest BCUT2D eigenvalue weighted by Gasteiger charge is 2.38. The number of para-hydroxylation sites is 2. The lowest BCUT2D eigenvalue weighted by Gasteiger charge is -2.24. The van der Waals surface area contributed by atoms with Gasteiger partial charge >= 0.3 is 5.97 Å². The molecule has 0 saturated carbocycles. The average molecular weight is 376 g/mol. The predicted octanol–water partition coefficient (Wildman–Crippen LogP) is 2.14. The maximum Gasteiger partial charge on any atom is 0.328 e. The molecule has 1 aromatic rings. The fourth-order valence-electron chi connectivity index (χ4n) is 3.14. The van der Waals surface area contributed by atoms with Gasteiger partial charge in [-0.1, -0.05) is 32.4 Å². The molecule has 1 aliphatic rings. The minimum Gasteiger partial charge on any atom is -0.495 e. The molecule has 0 unspecified atom stereocenters. The van der Waals surface area contributed by atoms with Crippen molar-refractivity contribution >= 4 is 23.5 Å². The Morgan fingerprint density at radius 3 is 2.63 bits per heavy atom. The molecule has 148 valence electrons. The van der Waals surface area contributed by atoms with Crippen LogP contribution in [-0.2, 0) is 19.1 Å². The zero-order chi connectivity index (χ0) is 20.0. The third-order valence-corrected chi connectivity index (χ3v) is 4.92. The van der Waals surface area contributed by atoms with E-state index in [9.17, 15) is 14.4 Å². The summed E-state index contributed by atoms with van der Waals surface area (Å²) in [4.78, 5) is 39.0. The van der Waals surface area contributed by atoms with E-state index in [1.54, 1.807) is 31.1 Å². The first-order valence-electron chi connectivity index (χ1n) is 9.33. The molecule has 0 aliphatic carbocycles. The van der Waals surface area contributed by atoms with Crippen LogP contribution in [0.1, 0.15) is 33.6 Å². The summed E-state index contributed by atoms with van der Waals surface area (Å²) in [5.41, 5.74) is 0.643. The Bertz CT molecular complexity index is 691. The van der Waals surface area contributed by atoms with Gasteiger partial charge in [-0.05, 0) is 25.0 Å². The van der Waals surface area contributed by atoms with E-state index in [0.717, 1.165) is 6.42 Å². The van der Waals surface area contributed by atoms with Crippen molar-refractivity contribution in [3.63, 3.8) is 0 Å². The Kier molecular flexibility index (Phi) is 7.21. The number of rotatable bonds is 8. The van der Waals surface area contributed by atoms with Crippen LogP contribution in [0.15, 0.2) is 24.3 Å². The zero-order valence-corrected chi connectivity index (χ0v) is 16.4. The number of benzene rings is 1. The number of carbonyl (C=O) groups excluding carboxylic acids is 3. The topological polar surface area (TPSA) is 84.9 Å². The lowest BCUT2D eigenvalue weighted by Crippen LogP contribution is -2.48. The van der Waals surface area contributed by atoms with E-state index in [1.165, 1.54) is 0 Å². The molecule has 1 heterocycles. The second-order valence-corrected chi connectivity index (χ2v) is 6.70. The van der Waals surface area contributed by atoms with Crippen molar-refractivity contribution in [3.8, 4) is 5.75 Å². The van der Waals surface area contributed by atoms with E-state index in [0.29, 0.717) is 11.4 Å². The summed E-state index contributed by atoms with van der Waals surface area (Å²) >= 11 is 0. The molecule has 2 amide bonds. The van der Waals surface area contributed by atoms with Crippen molar-refractivity contribution in [2.75, 3.05) is 25.2 Å². The fourth-order valence-corrected chi connectivity index (χ4v) is 3.14. The van der Waals surface area contributed by atoms with Gasteiger partial charge in [-0.15, -0.1) is 0 Å². The van der Waals surface area contributed by atoms with Gasteiger partial charge in [0.05, 0.1) is 25.3 Å². The second-order valence-electron chi connectivity index (χ2n) is 6.70. The van der Waals surface area contributed by atoms with Gasteiger partial charge in [-0.25, -0.2) is 4.79 Å². The first-order chi connectivity index (χ1) is 12.9. The zero-order valence-electron chi connectivity index (χ0n) is 16.4. The molecule has 7 nitrogen and oxygen atoms in total. The van der Waals surface area contributed by atoms with Crippen molar-refractivity contribution < 1.29 is 23.9 Å². The molecule has 1 N–H and O–H groups in total. The van der Waals surface area contributed by atoms with Gasteiger partial charge in [0.2, 0.25) is 11.8 Å². The number of ether oxygens (including phenoxy) is 2. The van der Waals surface area contributed by atoms with Crippen LogP contribution in [0.4, 0.5) is 5.69 Å². The maximum atomic E-state index is 12.7. The Hall–Kier alpha value is -2.57. The molecule has 1 aromatic carbocycles. The van der Waals surface area contributed by atoms with E-state index < -0.39 is 17.9 Å². The van der Waals surface area contributed by atoms with E-state index >= 15 is 0 Å². The molecule has 0 bridgehead atoms. The third kappa shape index (κ3) is 4.78. The Morgan fingerprint density at radius 2 is 2.00 bits per heavy atom. The SMILES string of the molecule is CCOC(=O)[C@H](NC(=O)[C@H]1CC(=O)N(c2ccccc2OC)C1)[C@@H](C)CC. The van der Waals surface area contributed by atoms with E-state index in [-0.39, 0.29) is 37.3 Å². The van der Waals surface area contributed by atoms with E-state index in [2.05, 4.69) is 5.32 Å². The summed E-state index contributed by atoms with van der Waals surface area (Å²) in [5, 5.41) is 2.79. The summed E-state index contributed by atoms with van der Waals surface area (Å²) in [6.07, 6.45) is 0.820. The lowest BCUT2D eigenvalue weighted by atomic mass is 9.98. The molecule has 0 radical (unpaired) electrons. The fraction of sp³-hybridized carbons (Fsp3) is 0.550. The first-order valence-corrected chi connectivity index (χ1v) is 9.33. The van der Waals surface area contributed by atoms with Gasteiger partial charge in [0.15, 0.2) is 0 Å². The summed E-state index contributed by atoms with van der Waals surface area (Å²) < 4.78 is 10.4. The van der Waals surface area contributed by atoms with Gasteiger partial charge in [0.1, 0.15) is 11.8 Å². The van der Waals surface area contributed by atoms with Crippen molar-refractivity contribution in [2.45, 2.75) is 39.7 Å². The molecule has 27 heavy (non-hydrogen) atoms. The minimum absolute atomic E-state index is 0.0598. The number of methoxy groups -OCH3 is 1. The summed E-state index contributed by atoms with van der Waals surface area (Å²) in [5.74, 6) is -0.893. The lowest BCUT2D eigenvalue weighted by molar-refractivity contribution is -0.149. The van der Waals surface area contributed by atoms with Crippen LogP contribution in [0.5, 0.6) is 5.75 Å². The van der Waals surface area contributed by atoms with Gasteiger partial charge in [0, 0.05) is 13.0 Å². The summed E-state index contributed by atoms with van der Waals surface area (Å²) in [6, 6.07) is 6.49. The smallest absolute Gasteiger partial charge is 0.328 e. The Morgan fingerprint density at radius 1 is 1.30 bits per heavy atom. The molecule has 1 fully saturated rings. The van der Waals surface area contributed by atoms with Crippen LogP contribution in [0.2, 0.25) is 0 Å². The van der Waals surface area contributed by atoms with Gasteiger partial charge < -0.3 is 19.7 Å². The minimum atomic E-state index is -0.710. The van der Waals surface area contributed by atoms with Crippen LogP contribution < -0.4 is 15.0 Å². The number of nitrogens with one attached hydrogen (secondary N) is 1. The average Bonchev–Trinajstić information content (AvgIpc) is 3.07. The molecule has 3 atom stereocenters. The number of nitrogens with zero attached hydrogens (tertiary/aromatic N) is 1. The number of carbonyl (C=O) groups is 3. The highest BCUT2D eigenvalue weighted by atomic mass is 16.5. The van der Waals surface area contributed by atoms with Crippen molar-refractivity contribution in [1.29, 1.82) is 0 Å². The third-order valence-electron chi connectivity index (χ3n) is 4.92. The van der Waals surface area contributed by atoms with Crippen LogP contribution in [0.3, 0.4) is 0 Å². The number of hydrogen-bond acceptors (Lipinski definition) is 5. The largest absolute Gasteiger partial charge is 0.495 e. The van der Waals surface area contributed by atoms with Crippen molar-refractivity contribution in [3.05, 3.63) is 24.3 Å². The summed E-state index contributed by atoms with van der Waals surface area (Å²) in [7, 11) is 1.54. The molecule has 1 aliphatic heterocycles. The number of amides is 2. The monoisotopic (exact) mass is 376 g/mol. The molecule has 0 aromatic heterocycles. The number of esters is 1. The highest BCUT2D eigenvalue weighted by Crippen LogP contribution is 2.32. The molecule has 1 saturated heterocycles. The number of anilines is 1. The van der Waals surface area contributed by atoms with E-state index in [4.69, 9.17) is 9.47 Å². The summed E-state index contributed by atoms with van der Waals surface area (Å²) in [6.45, 7) is 6.08.